The third-order valence-electron chi connectivity index (χ3n) is 3.71. The van der Waals surface area contributed by atoms with Crippen LogP contribution in [0.15, 0.2) is 0 Å². The lowest BCUT2D eigenvalue weighted by atomic mass is 9.98. The Bertz CT molecular complexity index is 197. The van der Waals surface area contributed by atoms with Gasteiger partial charge in [-0.1, -0.05) is 27.7 Å². The molecule has 1 aliphatic rings. The van der Waals surface area contributed by atoms with E-state index >= 15 is 0 Å². The van der Waals surface area contributed by atoms with Crippen LogP contribution in [0.25, 0.3) is 0 Å². The number of nitrogens with one attached hydrogen (secondary N) is 1. The summed E-state index contributed by atoms with van der Waals surface area (Å²) in [5.41, 5.74) is 0. The molecule has 1 rings (SSSR count). The highest BCUT2D eigenvalue weighted by Crippen LogP contribution is 2.14. The molecule has 0 aromatic rings. The van der Waals surface area contributed by atoms with Crippen LogP contribution >= 0.6 is 0 Å². The summed E-state index contributed by atoms with van der Waals surface area (Å²) in [5, 5.41) is 3.67. The first-order valence-electron chi connectivity index (χ1n) is 7.24. The van der Waals surface area contributed by atoms with E-state index in [-0.39, 0.29) is 0 Å². The Balaban J connectivity index is 2.34. The van der Waals surface area contributed by atoms with Crippen molar-refractivity contribution in [2.75, 3.05) is 32.8 Å². The van der Waals surface area contributed by atoms with Gasteiger partial charge in [-0.2, -0.15) is 0 Å². The quantitative estimate of drug-likeness (QED) is 0.692. The van der Waals surface area contributed by atoms with Crippen molar-refractivity contribution >= 4 is 0 Å². The maximum atomic E-state index is 5.61. The van der Waals surface area contributed by atoms with E-state index in [1.54, 1.807) is 0 Å². The Kier molecular flexibility index (Phi) is 7.09. The minimum absolute atomic E-state index is 0.643. The Morgan fingerprint density at radius 2 is 2.06 bits per heavy atom. The molecule has 0 spiro atoms. The second-order valence-corrected chi connectivity index (χ2v) is 5.43. The Morgan fingerprint density at radius 1 is 1.29 bits per heavy atom. The molecule has 0 radical (unpaired) electrons. The second-order valence-electron chi connectivity index (χ2n) is 5.43. The molecule has 0 aromatic heterocycles. The number of nitrogens with zero attached hydrogens (tertiary/aromatic N) is 1. The normalized spacial score (nSPS) is 26.6. The molecule has 1 aliphatic heterocycles. The van der Waals surface area contributed by atoms with Crippen molar-refractivity contribution in [3.63, 3.8) is 0 Å². The van der Waals surface area contributed by atoms with E-state index in [0.29, 0.717) is 18.0 Å². The van der Waals surface area contributed by atoms with Gasteiger partial charge < -0.3 is 10.1 Å². The molecule has 0 aromatic carbocycles. The summed E-state index contributed by atoms with van der Waals surface area (Å²) >= 11 is 0. The molecule has 0 saturated carbocycles. The van der Waals surface area contributed by atoms with Gasteiger partial charge in [-0.25, -0.2) is 0 Å². The van der Waals surface area contributed by atoms with Gasteiger partial charge in [0.05, 0.1) is 6.61 Å². The summed E-state index contributed by atoms with van der Waals surface area (Å²) in [6.45, 7) is 14.2. The lowest BCUT2D eigenvalue weighted by Gasteiger charge is -2.41. The third kappa shape index (κ3) is 4.94. The van der Waals surface area contributed by atoms with Crippen molar-refractivity contribution in [3.05, 3.63) is 0 Å². The third-order valence-corrected chi connectivity index (χ3v) is 3.71. The monoisotopic (exact) mass is 242 g/mol. The zero-order chi connectivity index (χ0) is 12.7. The predicted octanol–water partition coefficient (Wildman–Crippen LogP) is 2.12. The van der Waals surface area contributed by atoms with Crippen LogP contribution in [0.1, 0.15) is 40.5 Å². The number of rotatable bonds is 7. The van der Waals surface area contributed by atoms with E-state index in [0.717, 1.165) is 32.7 Å². The zero-order valence-corrected chi connectivity index (χ0v) is 12.0. The predicted molar refractivity (Wildman–Crippen MR) is 73.4 cm³/mol. The summed E-state index contributed by atoms with van der Waals surface area (Å²) in [6.07, 6.45) is 2.35. The minimum Gasteiger partial charge on any atom is -0.380 e. The largest absolute Gasteiger partial charge is 0.380 e. The molecule has 0 amide bonds. The van der Waals surface area contributed by atoms with E-state index in [1.165, 1.54) is 13.0 Å². The molecule has 2 unspecified atom stereocenters. The summed E-state index contributed by atoms with van der Waals surface area (Å²) < 4.78 is 5.61. The van der Waals surface area contributed by atoms with Crippen LogP contribution in [0.2, 0.25) is 0 Å². The second kappa shape index (κ2) is 8.06. The van der Waals surface area contributed by atoms with E-state index in [9.17, 15) is 0 Å². The van der Waals surface area contributed by atoms with Gasteiger partial charge in [0.15, 0.2) is 0 Å². The molecule has 1 fully saturated rings. The number of hydrogen-bond donors (Lipinski definition) is 1. The van der Waals surface area contributed by atoms with Gasteiger partial charge in [0.25, 0.3) is 0 Å². The fraction of sp³-hybridized carbons (Fsp3) is 1.00. The standard InChI is InChI=1S/C14H30N2O/c1-5-8-17-9-7-16-11-14(12(3)4)15-10-13(16)6-2/h12-15H,5-11H2,1-4H3. The molecular formula is C14H30N2O. The van der Waals surface area contributed by atoms with Crippen molar-refractivity contribution in [2.24, 2.45) is 5.92 Å². The number of ether oxygens (including phenoxy) is 1. The molecule has 1 heterocycles. The topological polar surface area (TPSA) is 24.5 Å². The fourth-order valence-electron chi connectivity index (χ4n) is 2.43. The molecule has 2 atom stereocenters. The molecule has 3 heteroatoms. The highest BCUT2D eigenvalue weighted by molar-refractivity contribution is 4.86. The highest BCUT2D eigenvalue weighted by Gasteiger charge is 2.27. The van der Waals surface area contributed by atoms with Crippen LogP contribution in [0.4, 0.5) is 0 Å². The van der Waals surface area contributed by atoms with E-state index in [1.807, 2.05) is 0 Å². The number of piperazine rings is 1. The minimum atomic E-state index is 0.643. The van der Waals surface area contributed by atoms with E-state index in [4.69, 9.17) is 4.74 Å². The Morgan fingerprint density at radius 3 is 2.65 bits per heavy atom. The van der Waals surface area contributed by atoms with Gasteiger partial charge in [-0.3, -0.25) is 4.90 Å². The first-order chi connectivity index (χ1) is 8.19. The van der Waals surface area contributed by atoms with Gasteiger partial charge in [-0.15, -0.1) is 0 Å². The van der Waals surface area contributed by atoms with Gasteiger partial charge in [-0.05, 0) is 18.8 Å². The molecule has 3 nitrogen and oxygen atoms in total. The fourth-order valence-corrected chi connectivity index (χ4v) is 2.43. The molecule has 102 valence electrons. The molecular weight excluding hydrogens is 212 g/mol. The molecule has 0 bridgehead atoms. The van der Waals surface area contributed by atoms with Gasteiger partial charge in [0.1, 0.15) is 0 Å². The first kappa shape index (κ1) is 14.9. The van der Waals surface area contributed by atoms with Gasteiger partial charge in [0.2, 0.25) is 0 Å². The zero-order valence-electron chi connectivity index (χ0n) is 12.0. The Hall–Kier alpha value is -0.120. The molecule has 1 N–H and O–H groups in total. The average Bonchev–Trinajstić information content (AvgIpc) is 2.34. The lowest BCUT2D eigenvalue weighted by Crippen LogP contribution is -2.58. The maximum absolute atomic E-state index is 5.61. The SMILES string of the molecule is CCCOCCN1CC(C(C)C)NCC1CC. The van der Waals surface area contributed by atoms with E-state index < -0.39 is 0 Å². The van der Waals surface area contributed by atoms with Gasteiger partial charge in [0, 0.05) is 38.3 Å². The van der Waals surface area contributed by atoms with Crippen molar-refractivity contribution in [3.8, 4) is 0 Å². The van der Waals surface area contributed by atoms with E-state index in [2.05, 4.69) is 37.9 Å². The average molecular weight is 242 g/mol. The van der Waals surface area contributed by atoms with Crippen molar-refractivity contribution in [2.45, 2.75) is 52.6 Å². The first-order valence-corrected chi connectivity index (χ1v) is 7.24. The summed E-state index contributed by atoms with van der Waals surface area (Å²) in [5.74, 6) is 0.715. The van der Waals surface area contributed by atoms with Crippen LogP contribution in [0.5, 0.6) is 0 Å². The van der Waals surface area contributed by atoms with Crippen molar-refractivity contribution < 1.29 is 4.74 Å². The smallest absolute Gasteiger partial charge is 0.0593 e. The lowest BCUT2D eigenvalue weighted by molar-refractivity contribution is 0.0578. The summed E-state index contributed by atoms with van der Waals surface area (Å²) in [6, 6.07) is 1.33. The van der Waals surface area contributed by atoms with Crippen LogP contribution in [-0.2, 0) is 4.74 Å². The van der Waals surface area contributed by atoms with Crippen molar-refractivity contribution in [1.29, 1.82) is 0 Å². The van der Waals surface area contributed by atoms with Crippen molar-refractivity contribution in [1.82, 2.24) is 10.2 Å². The van der Waals surface area contributed by atoms with Crippen LogP contribution in [0, 0.1) is 5.92 Å². The van der Waals surface area contributed by atoms with Gasteiger partial charge >= 0.3 is 0 Å². The Labute approximate surface area is 107 Å². The summed E-state index contributed by atoms with van der Waals surface area (Å²) in [7, 11) is 0. The molecule has 1 saturated heterocycles. The molecule has 0 aliphatic carbocycles. The van der Waals surface area contributed by atoms with Crippen LogP contribution < -0.4 is 5.32 Å². The highest BCUT2D eigenvalue weighted by atomic mass is 16.5. The van der Waals surface area contributed by atoms with Crippen LogP contribution in [0.3, 0.4) is 0 Å². The molecule has 17 heavy (non-hydrogen) atoms. The van der Waals surface area contributed by atoms with Crippen LogP contribution in [-0.4, -0.2) is 49.8 Å². The maximum Gasteiger partial charge on any atom is 0.0593 e. The number of hydrogen-bond acceptors (Lipinski definition) is 3. The summed E-state index contributed by atoms with van der Waals surface area (Å²) in [4.78, 5) is 2.61.